The Kier molecular flexibility index (Phi) is 7.13. The van der Waals surface area contributed by atoms with E-state index in [9.17, 15) is 22.8 Å². The normalized spacial score (nSPS) is 16.9. The van der Waals surface area contributed by atoms with Crippen LogP contribution in [0, 0.1) is 6.92 Å². The molecular weight excluding hydrogens is 454 g/mol. The van der Waals surface area contributed by atoms with Gasteiger partial charge in [-0.2, -0.15) is 4.31 Å². The Hall–Kier alpha value is -3.04. The number of aryl methyl sites for hydroxylation is 1. The number of hydrogen-bond acceptors (Lipinski definition) is 5. The van der Waals surface area contributed by atoms with Crippen LogP contribution in [-0.4, -0.2) is 55.0 Å². The van der Waals surface area contributed by atoms with E-state index in [-0.39, 0.29) is 35.6 Å². The molecule has 1 fully saturated rings. The predicted molar refractivity (Wildman–Crippen MR) is 128 cm³/mol. The number of anilines is 1. The minimum atomic E-state index is -3.64. The van der Waals surface area contributed by atoms with E-state index in [0.29, 0.717) is 41.9 Å². The molecule has 0 aromatic heterocycles. The standard InChI is InChI=1S/C25H29N3O5S/c1-18-12-13-19(17-22(18)34(32,33)27-14-6-2-3-7-15-27)26-23(29)11-8-16-28-24(30)20-9-4-5-10-21(20)25(28)31/h4-5,9-10,12-13,17H,2-3,6-8,11,14-16H2,1H3,(H,26,29). The van der Waals surface area contributed by atoms with Crippen LogP contribution < -0.4 is 5.32 Å². The smallest absolute Gasteiger partial charge is 0.261 e. The number of benzene rings is 2. The lowest BCUT2D eigenvalue weighted by Gasteiger charge is -2.21. The first-order chi connectivity index (χ1) is 16.3. The Morgan fingerprint density at radius 1 is 0.941 bits per heavy atom. The predicted octanol–water partition coefficient (Wildman–Crippen LogP) is 3.57. The lowest BCUT2D eigenvalue weighted by atomic mass is 10.1. The lowest BCUT2D eigenvalue weighted by molar-refractivity contribution is -0.116. The van der Waals surface area contributed by atoms with Crippen LogP contribution in [0.2, 0.25) is 0 Å². The molecule has 9 heteroatoms. The van der Waals surface area contributed by atoms with Gasteiger partial charge in [0.25, 0.3) is 11.8 Å². The zero-order chi connectivity index (χ0) is 24.3. The van der Waals surface area contributed by atoms with Gasteiger partial charge in [-0.05, 0) is 56.0 Å². The van der Waals surface area contributed by atoms with Gasteiger partial charge in [0.15, 0.2) is 0 Å². The van der Waals surface area contributed by atoms with Crippen molar-refractivity contribution in [3.05, 3.63) is 59.2 Å². The molecule has 2 aromatic carbocycles. The van der Waals surface area contributed by atoms with Gasteiger partial charge < -0.3 is 5.32 Å². The van der Waals surface area contributed by atoms with Crippen molar-refractivity contribution >= 4 is 33.4 Å². The van der Waals surface area contributed by atoms with Crippen LogP contribution in [0.5, 0.6) is 0 Å². The minimum absolute atomic E-state index is 0.0927. The fraction of sp³-hybridized carbons (Fsp3) is 0.400. The van der Waals surface area contributed by atoms with E-state index in [1.54, 1.807) is 43.3 Å². The molecule has 4 rings (SSSR count). The summed E-state index contributed by atoms with van der Waals surface area (Å²) in [6.45, 7) is 2.91. The molecule has 1 N–H and O–H groups in total. The molecule has 0 saturated carbocycles. The number of rotatable bonds is 7. The topological polar surface area (TPSA) is 104 Å². The zero-order valence-electron chi connectivity index (χ0n) is 19.2. The van der Waals surface area contributed by atoms with Crippen LogP contribution in [0.3, 0.4) is 0 Å². The van der Waals surface area contributed by atoms with Crippen LogP contribution in [0.15, 0.2) is 47.4 Å². The molecule has 2 aliphatic rings. The minimum Gasteiger partial charge on any atom is -0.326 e. The van der Waals surface area contributed by atoms with Gasteiger partial charge in [0, 0.05) is 31.7 Å². The van der Waals surface area contributed by atoms with Crippen molar-refractivity contribution in [2.45, 2.75) is 50.3 Å². The maximum atomic E-state index is 13.2. The lowest BCUT2D eigenvalue weighted by Crippen LogP contribution is -2.32. The summed E-state index contributed by atoms with van der Waals surface area (Å²) < 4.78 is 28.0. The van der Waals surface area contributed by atoms with E-state index in [4.69, 9.17) is 0 Å². The number of nitrogens with zero attached hydrogens (tertiary/aromatic N) is 2. The van der Waals surface area contributed by atoms with Crippen molar-refractivity contribution in [2.24, 2.45) is 0 Å². The largest absolute Gasteiger partial charge is 0.326 e. The molecule has 34 heavy (non-hydrogen) atoms. The molecule has 0 radical (unpaired) electrons. The van der Waals surface area contributed by atoms with Crippen molar-refractivity contribution < 1.29 is 22.8 Å². The van der Waals surface area contributed by atoms with E-state index < -0.39 is 10.0 Å². The summed E-state index contributed by atoms with van der Waals surface area (Å²) in [6.07, 6.45) is 4.16. The van der Waals surface area contributed by atoms with Gasteiger partial charge in [-0.25, -0.2) is 8.42 Å². The molecule has 2 aliphatic heterocycles. The third-order valence-electron chi connectivity index (χ3n) is 6.32. The highest BCUT2D eigenvalue weighted by atomic mass is 32.2. The van der Waals surface area contributed by atoms with Crippen LogP contribution in [-0.2, 0) is 14.8 Å². The van der Waals surface area contributed by atoms with Crippen LogP contribution >= 0.6 is 0 Å². The molecule has 0 spiro atoms. The van der Waals surface area contributed by atoms with Gasteiger partial charge >= 0.3 is 0 Å². The molecule has 180 valence electrons. The van der Waals surface area contributed by atoms with Crippen molar-refractivity contribution in [1.29, 1.82) is 0 Å². The van der Waals surface area contributed by atoms with E-state index in [2.05, 4.69) is 5.32 Å². The first-order valence-electron chi connectivity index (χ1n) is 11.6. The fourth-order valence-electron chi connectivity index (χ4n) is 4.44. The third kappa shape index (κ3) is 4.90. The van der Waals surface area contributed by atoms with Crippen molar-refractivity contribution in [1.82, 2.24) is 9.21 Å². The fourth-order valence-corrected chi connectivity index (χ4v) is 6.21. The van der Waals surface area contributed by atoms with E-state index in [1.807, 2.05) is 0 Å². The van der Waals surface area contributed by atoms with Crippen LogP contribution in [0.25, 0.3) is 0 Å². The maximum Gasteiger partial charge on any atom is 0.261 e. The SMILES string of the molecule is Cc1ccc(NC(=O)CCCN2C(=O)c3ccccc3C2=O)cc1S(=O)(=O)N1CCCCCC1. The van der Waals surface area contributed by atoms with Crippen LogP contribution in [0.4, 0.5) is 5.69 Å². The van der Waals surface area contributed by atoms with Gasteiger partial charge in [0.1, 0.15) is 0 Å². The average Bonchev–Trinajstić information content (AvgIpc) is 3.01. The van der Waals surface area contributed by atoms with E-state index >= 15 is 0 Å². The summed E-state index contributed by atoms with van der Waals surface area (Å²) in [5.41, 5.74) is 1.81. The first-order valence-corrected chi connectivity index (χ1v) is 13.1. The van der Waals surface area contributed by atoms with Crippen molar-refractivity contribution in [3.8, 4) is 0 Å². The Bertz CT molecular complexity index is 1180. The number of nitrogens with one attached hydrogen (secondary N) is 1. The number of sulfonamides is 1. The Balaban J connectivity index is 1.37. The summed E-state index contributed by atoms with van der Waals surface area (Å²) >= 11 is 0. The molecule has 0 aliphatic carbocycles. The number of carbonyl (C=O) groups is 3. The van der Waals surface area contributed by atoms with Gasteiger partial charge in [0.2, 0.25) is 15.9 Å². The van der Waals surface area contributed by atoms with E-state index in [0.717, 1.165) is 30.6 Å². The zero-order valence-corrected chi connectivity index (χ0v) is 20.1. The summed E-state index contributed by atoms with van der Waals surface area (Å²) in [7, 11) is -3.64. The summed E-state index contributed by atoms with van der Waals surface area (Å²) in [5, 5.41) is 2.75. The number of imide groups is 1. The number of fused-ring (bicyclic) bond motifs is 1. The van der Waals surface area contributed by atoms with Crippen molar-refractivity contribution in [3.63, 3.8) is 0 Å². The Morgan fingerprint density at radius 2 is 1.56 bits per heavy atom. The average molecular weight is 484 g/mol. The van der Waals surface area contributed by atoms with Gasteiger partial charge in [0.05, 0.1) is 16.0 Å². The second-order valence-electron chi connectivity index (χ2n) is 8.76. The quantitative estimate of drug-likeness (QED) is 0.607. The molecule has 8 nitrogen and oxygen atoms in total. The molecule has 2 aromatic rings. The van der Waals surface area contributed by atoms with Gasteiger partial charge in [-0.15, -0.1) is 0 Å². The number of carbonyl (C=O) groups excluding carboxylic acids is 3. The second kappa shape index (κ2) is 10.1. The highest BCUT2D eigenvalue weighted by molar-refractivity contribution is 7.89. The molecule has 1 saturated heterocycles. The third-order valence-corrected chi connectivity index (χ3v) is 8.36. The summed E-state index contributed by atoms with van der Waals surface area (Å²) in [4.78, 5) is 38.7. The molecule has 0 bridgehead atoms. The summed E-state index contributed by atoms with van der Waals surface area (Å²) in [5.74, 6) is -0.996. The molecule has 2 heterocycles. The van der Waals surface area contributed by atoms with E-state index in [1.165, 1.54) is 10.4 Å². The highest BCUT2D eigenvalue weighted by Gasteiger charge is 2.34. The molecule has 3 amide bonds. The van der Waals surface area contributed by atoms with Crippen LogP contribution in [0.1, 0.15) is 64.8 Å². The highest BCUT2D eigenvalue weighted by Crippen LogP contribution is 2.26. The first kappa shape index (κ1) is 24.1. The van der Waals surface area contributed by atoms with Gasteiger partial charge in [-0.1, -0.05) is 31.0 Å². The summed E-state index contributed by atoms with van der Waals surface area (Å²) in [6, 6.07) is 11.6. The monoisotopic (exact) mass is 483 g/mol. The van der Waals surface area contributed by atoms with Crippen molar-refractivity contribution in [2.75, 3.05) is 25.0 Å². The Labute approximate surface area is 200 Å². The Morgan fingerprint density at radius 3 is 2.18 bits per heavy atom. The second-order valence-corrected chi connectivity index (χ2v) is 10.7. The maximum absolute atomic E-state index is 13.2. The molecular formula is C25H29N3O5S. The number of hydrogen-bond donors (Lipinski definition) is 1. The molecule has 0 unspecified atom stereocenters. The number of amides is 3. The molecule has 0 atom stereocenters. The van der Waals surface area contributed by atoms with Gasteiger partial charge in [-0.3, -0.25) is 19.3 Å².